The molecular weight excluding hydrogens is 296 g/mol. The van der Waals surface area contributed by atoms with Crippen LogP contribution in [0.2, 0.25) is 0 Å². The number of carbonyl (C=O) groups is 2. The number of hydrogen-bond acceptors (Lipinski definition) is 8. The van der Waals surface area contributed by atoms with E-state index in [1.807, 2.05) is 0 Å². The largest absolute Gasteiger partial charge is 0.446 e. The van der Waals surface area contributed by atoms with Crippen LogP contribution < -0.4 is 0 Å². The second kappa shape index (κ2) is 9.86. The van der Waals surface area contributed by atoms with Gasteiger partial charge in [-0.3, -0.25) is 9.59 Å². The summed E-state index contributed by atoms with van der Waals surface area (Å²) in [6.45, 7) is 1.86. The number of Topliss-reactive ketones (excluding diaryl/α,β-unsaturated/α-hetero) is 1. The Hall–Kier alpha value is -1.06. The average Bonchev–Trinajstić information content (AvgIpc) is 2.46. The highest BCUT2D eigenvalue weighted by molar-refractivity contribution is 5.88. The molecule has 0 spiro atoms. The number of ketones is 1. The molecule has 22 heavy (non-hydrogen) atoms. The highest BCUT2D eigenvalue weighted by Gasteiger charge is 2.53. The Morgan fingerprint density at radius 3 is 1.91 bits per heavy atom. The normalized spacial score (nSPS) is 18.1. The zero-order valence-corrected chi connectivity index (χ0v) is 14.0. The molecule has 0 amide bonds. The van der Waals surface area contributed by atoms with Crippen molar-refractivity contribution >= 4 is 11.8 Å². The number of ether oxygens (including phenoxy) is 5. The van der Waals surface area contributed by atoms with Gasteiger partial charge in [0.15, 0.2) is 5.78 Å². The number of carbonyl (C=O) groups excluding carboxylic acids is 2. The Balaban J connectivity index is 5.88. The summed E-state index contributed by atoms with van der Waals surface area (Å²) in [6, 6.07) is 0. The van der Waals surface area contributed by atoms with Gasteiger partial charge in [-0.15, -0.1) is 0 Å². The maximum atomic E-state index is 12.2. The standard InChI is InChI=1S/C14H26O8/c1-9(16)14(8-18-3,22-10(2)17)13(21-6)12(20-5)11(7-15)19-4/h11-13,15H,7-8H2,1-6H3/t11-,12+,13-,14-/m0/s1. The van der Waals surface area contributed by atoms with Crippen LogP contribution in [0.1, 0.15) is 13.8 Å². The molecular formula is C14H26O8. The molecule has 0 aromatic carbocycles. The van der Waals surface area contributed by atoms with Gasteiger partial charge in [0, 0.05) is 35.4 Å². The van der Waals surface area contributed by atoms with Gasteiger partial charge in [-0.2, -0.15) is 0 Å². The Kier molecular flexibility index (Phi) is 9.38. The van der Waals surface area contributed by atoms with Crippen LogP contribution in [0.3, 0.4) is 0 Å². The van der Waals surface area contributed by atoms with Crippen molar-refractivity contribution in [2.45, 2.75) is 37.8 Å². The molecule has 4 atom stereocenters. The average molecular weight is 322 g/mol. The molecule has 8 nitrogen and oxygen atoms in total. The Bertz CT molecular complexity index is 355. The minimum atomic E-state index is -1.71. The fourth-order valence-electron chi connectivity index (χ4n) is 2.39. The van der Waals surface area contributed by atoms with Crippen molar-refractivity contribution in [3.63, 3.8) is 0 Å². The van der Waals surface area contributed by atoms with Crippen LogP contribution >= 0.6 is 0 Å². The summed E-state index contributed by atoms with van der Waals surface area (Å²) in [4.78, 5) is 23.7. The van der Waals surface area contributed by atoms with Gasteiger partial charge in [0.25, 0.3) is 0 Å². The molecule has 0 radical (unpaired) electrons. The van der Waals surface area contributed by atoms with E-state index in [0.717, 1.165) is 0 Å². The van der Waals surface area contributed by atoms with Crippen molar-refractivity contribution in [1.82, 2.24) is 0 Å². The van der Waals surface area contributed by atoms with Crippen molar-refractivity contribution in [2.75, 3.05) is 41.7 Å². The van der Waals surface area contributed by atoms with E-state index >= 15 is 0 Å². The predicted molar refractivity (Wildman–Crippen MR) is 76.5 cm³/mol. The molecule has 0 bridgehead atoms. The van der Waals surface area contributed by atoms with Gasteiger partial charge in [0.2, 0.25) is 5.60 Å². The third-order valence-corrected chi connectivity index (χ3v) is 3.41. The first-order valence-electron chi connectivity index (χ1n) is 6.73. The molecule has 0 rings (SSSR count). The molecule has 0 aliphatic heterocycles. The second-order valence-electron chi connectivity index (χ2n) is 4.79. The number of methoxy groups -OCH3 is 4. The van der Waals surface area contributed by atoms with E-state index in [4.69, 9.17) is 23.7 Å². The number of rotatable bonds is 11. The van der Waals surface area contributed by atoms with Gasteiger partial charge in [-0.1, -0.05) is 0 Å². The van der Waals surface area contributed by atoms with Crippen LogP contribution in [-0.4, -0.2) is 82.4 Å². The van der Waals surface area contributed by atoms with Crippen molar-refractivity contribution in [2.24, 2.45) is 0 Å². The summed E-state index contributed by atoms with van der Waals surface area (Å²) < 4.78 is 26.2. The summed E-state index contributed by atoms with van der Waals surface area (Å²) in [5, 5.41) is 9.40. The smallest absolute Gasteiger partial charge is 0.303 e. The maximum absolute atomic E-state index is 12.2. The zero-order valence-electron chi connectivity index (χ0n) is 14.0. The number of aliphatic hydroxyl groups is 1. The van der Waals surface area contributed by atoms with Gasteiger partial charge < -0.3 is 28.8 Å². The minimum Gasteiger partial charge on any atom is -0.446 e. The second-order valence-corrected chi connectivity index (χ2v) is 4.79. The lowest BCUT2D eigenvalue weighted by Gasteiger charge is -2.41. The molecule has 0 heterocycles. The number of esters is 1. The topological polar surface area (TPSA) is 101 Å². The van der Waals surface area contributed by atoms with E-state index in [1.165, 1.54) is 42.3 Å². The highest BCUT2D eigenvalue weighted by atomic mass is 16.6. The summed E-state index contributed by atoms with van der Waals surface area (Å²) in [5.74, 6) is -1.13. The lowest BCUT2D eigenvalue weighted by atomic mass is 9.86. The third kappa shape index (κ3) is 4.72. The molecule has 0 fully saturated rings. The van der Waals surface area contributed by atoms with Crippen LogP contribution in [0, 0.1) is 0 Å². The van der Waals surface area contributed by atoms with Crippen LogP contribution in [0.25, 0.3) is 0 Å². The third-order valence-electron chi connectivity index (χ3n) is 3.41. The lowest BCUT2D eigenvalue weighted by Crippen LogP contribution is -2.63. The van der Waals surface area contributed by atoms with E-state index in [-0.39, 0.29) is 13.2 Å². The van der Waals surface area contributed by atoms with Crippen LogP contribution in [0.15, 0.2) is 0 Å². The Labute approximate surface area is 130 Å². The summed E-state index contributed by atoms with van der Waals surface area (Å²) in [6.07, 6.45) is -2.67. The van der Waals surface area contributed by atoms with Gasteiger partial charge in [-0.25, -0.2) is 0 Å². The minimum absolute atomic E-state index is 0.220. The van der Waals surface area contributed by atoms with Crippen molar-refractivity contribution in [3.05, 3.63) is 0 Å². The van der Waals surface area contributed by atoms with Crippen LogP contribution in [0.4, 0.5) is 0 Å². The molecule has 0 saturated heterocycles. The van der Waals surface area contributed by atoms with Gasteiger partial charge in [0.1, 0.15) is 18.3 Å². The SMILES string of the molecule is COC[C@](OC(C)=O)(C(C)=O)[C@@H](OC)[C@H](OC)[C@H](CO)OC. The molecule has 0 aromatic heterocycles. The summed E-state index contributed by atoms with van der Waals surface area (Å²) >= 11 is 0. The van der Waals surface area contributed by atoms with Gasteiger partial charge in [0.05, 0.1) is 13.2 Å². The van der Waals surface area contributed by atoms with Crippen molar-refractivity contribution < 1.29 is 38.4 Å². The maximum Gasteiger partial charge on any atom is 0.303 e. The van der Waals surface area contributed by atoms with Crippen molar-refractivity contribution in [3.8, 4) is 0 Å². The fraction of sp³-hybridized carbons (Fsp3) is 0.857. The molecule has 130 valence electrons. The van der Waals surface area contributed by atoms with E-state index in [1.54, 1.807) is 0 Å². The number of hydrogen-bond donors (Lipinski definition) is 1. The fourth-order valence-corrected chi connectivity index (χ4v) is 2.39. The van der Waals surface area contributed by atoms with E-state index in [2.05, 4.69) is 0 Å². The Morgan fingerprint density at radius 2 is 1.64 bits per heavy atom. The molecule has 1 N–H and O–H groups in total. The quantitative estimate of drug-likeness (QED) is 0.511. The first-order chi connectivity index (χ1) is 10.3. The van der Waals surface area contributed by atoms with E-state index in [9.17, 15) is 14.7 Å². The predicted octanol–water partition coefficient (Wildman–Crippen LogP) is -0.439. The summed E-state index contributed by atoms with van der Waals surface area (Å²) in [5.41, 5.74) is -1.71. The van der Waals surface area contributed by atoms with Crippen LogP contribution in [-0.2, 0) is 33.3 Å². The summed E-state index contributed by atoms with van der Waals surface area (Å²) in [7, 11) is 5.48. The molecule has 0 unspecified atom stereocenters. The molecule has 0 saturated carbocycles. The monoisotopic (exact) mass is 322 g/mol. The number of aliphatic hydroxyl groups excluding tert-OH is 1. The lowest BCUT2D eigenvalue weighted by molar-refractivity contribution is -0.215. The van der Waals surface area contributed by atoms with E-state index < -0.39 is 35.7 Å². The zero-order chi connectivity index (χ0) is 17.3. The molecule has 0 aliphatic rings. The van der Waals surface area contributed by atoms with Gasteiger partial charge in [-0.05, 0) is 6.92 Å². The molecule has 8 heteroatoms. The molecule has 0 aromatic rings. The van der Waals surface area contributed by atoms with Gasteiger partial charge >= 0.3 is 5.97 Å². The van der Waals surface area contributed by atoms with Crippen LogP contribution in [0.5, 0.6) is 0 Å². The highest BCUT2D eigenvalue weighted by Crippen LogP contribution is 2.27. The van der Waals surface area contributed by atoms with Crippen molar-refractivity contribution in [1.29, 1.82) is 0 Å². The first-order valence-corrected chi connectivity index (χ1v) is 6.73. The van der Waals surface area contributed by atoms with E-state index in [0.29, 0.717) is 0 Å². The molecule has 0 aliphatic carbocycles. The Morgan fingerprint density at radius 1 is 1.05 bits per heavy atom. The first kappa shape index (κ1) is 20.9.